The van der Waals surface area contributed by atoms with E-state index in [-0.39, 0.29) is 12.8 Å². The third kappa shape index (κ3) is 6.86. The van der Waals surface area contributed by atoms with Gasteiger partial charge in [0.15, 0.2) is 0 Å². The van der Waals surface area contributed by atoms with E-state index in [1.54, 1.807) is 0 Å². The smallest absolute Gasteiger partial charge is 0.328 e. The maximum Gasteiger partial charge on any atom is 0.328 e. The molecule has 0 heterocycles. The zero-order valence-electron chi connectivity index (χ0n) is 10.6. The number of ether oxygens (including phenoxy) is 1. The maximum atomic E-state index is 11.4. The Kier molecular flexibility index (Phi) is 6.94. The second-order valence-corrected chi connectivity index (χ2v) is 3.76. The van der Waals surface area contributed by atoms with E-state index in [1.807, 2.05) is 0 Å². The van der Waals surface area contributed by atoms with Crippen LogP contribution in [0.4, 0.5) is 4.79 Å². The van der Waals surface area contributed by atoms with E-state index in [0.717, 1.165) is 7.11 Å². The van der Waals surface area contributed by atoms with Crippen LogP contribution in [0.2, 0.25) is 0 Å². The summed E-state index contributed by atoms with van der Waals surface area (Å²) in [5, 5.41) is 13.2. The van der Waals surface area contributed by atoms with Gasteiger partial charge in [0.1, 0.15) is 12.1 Å². The number of nitrogens with two attached hydrogens (primary N) is 1. The number of amides is 3. The summed E-state index contributed by atoms with van der Waals surface area (Å²) in [6.45, 7) is 1.38. The van der Waals surface area contributed by atoms with Crippen LogP contribution >= 0.6 is 0 Å². The minimum atomic E-state index is -1.30. The van der Waals surface area contributed by atoms with E-state index in [2.05, 4.69) is 15.4 Å². The van der Waals surface area contributed by atoms with Crippen molar-refractivity contribution in [2.24, 2.45) is 5.73 Å². The Morgan fingerprint density at radius 3 is 2.26 bits per heavy atom. The molecule has 19 heavy (non-hydrogen) atoms. The van der Waals surface area contributed by atoms with Crippen LogP contribution in [-0.4, -0.2) is 48.2 Å². The Morgan fingerprint density at radius 2 is 1.84 bits per heavy atom. The fourth-order valence-electron chi connectivity index (χ4n) is 1.18. The molecule has 0 fully saturated rings. The van der Waals surface area contributed by atoms with Crippen LogP contribution in [0.15, 0.2) is 0 Å². The molecule has 0 aliphatic heterocycles. The zero-order chi connectivity index (χ0) is 15.0. The summed E-state index contributed by atoms with van der Waals surface area (Å²) < 4.78 is 4.39. The first-order chi connectivity index (χ1) is 8.77. The van der Waals surface area contributed by atoms with E-state index < -0.39 is 36.0 Å². The number of nitrogens with one attached hydrogen (secondary N) is 2. The van der Waals surface area contributed by atoms with Crippen LogP contribution in [0.25, 0.3) is 0 Å². The van der Waals surface area contributed by atoms with E-state index >= 15 is 0 Å². The number of carboxylic acid groups (broad SMARTS) is 1. The van der Waals surface area contributed by atoms with Gasteiger partial charge in [0.05, 0.1) is 7.11 Å². The van der Waals surface area contributed by atoms with E-state index in [4.69, 9.17) is 10.8 Å². The Bertz CT molecular complexity index is 370. The van der Waals surface area contributed by atoms with Gasteiger partial charge in [-0.25, -0.2) is 14.4 Å². The van der Waals surface area contributed by atoms with Gasteiger partial charge < -0.3 is 26.2 Å². The van der Waals surface area contributed by atoms with Gasteiger partial charge in [-0.3, -0.25) is 4.79 Å². The summed E-state index contributed by atoms with van der Waals surface area (Å²) in [7, 11) is 1.16. The molecule has 9 heteroatoms. The predicted molar refractivity (Wildman–Crippen MR) is 63.0 cm³/mol. The van der Waals surface area contributed by atoms with Crippen molar-refractivity contribution in [3.63, 3.8) is 0 Å². The van der Waals surface area contributed by atoms with Crippen molar-refractivity contribution in [2.45, 2.75) is 31.8 Å². The summed E-state index contributed by atoms with van der Waals surface area (Å²) in [5.41, 5.74) is 4.89. The molecule has 0 saturated carbocycles. The molecule has 0 aromatic rings. The molecule has 5 N–H and O–H groups in total. The van der Waals surface area contributed by atoms with E-state index in [0.29, 0.717) is 0 Å². The van der Waals surface area contributed by atoms with E-state index in [9.17, 15) is 19.2 Å². The SMILES string of the molecule is COC(=O)C(C)NC(=O)NC(CCC(N)=O)C(=O)O. The quantitative estimate of drug-likeness (QED) is 0.418. The fourth-order valence-corrected chi connectivity index (χ4v) is 1.18. The molecule has 2 atom stereocenters. The molecule has 2 unspecified atom stereocenters. The maximum absolute atomic E-state index is 11.4. The van der Waals surface area contributed by atoms with Gasteiger partial charge in [-0.05, 0) is 13.3 Å². The molecule has 9 nitrogen and oxygen atoms in total. The van der Waals surface area contributed by atoms with Gasteiger partial charge in [0, 0.05) is 6.42 Å². The van der Waals surface area contributed by atoms with Crippen molar-refractivity contribution >= 4 is 23.9 Å². The van der Waals surface area contributed by atoms with Crippen LogP contribution in [-0.2, 0) is 19.1 Å². The molecule has 0 aromatic carbocycles. The number of methoxy groups -OCH3 is 1. The number of aliphatic carboxylic acids is 1. The van der Waals surface area contributed by atoms with Crippen molar-refractivity contribution in [2.75, 3.05) is 7.11 Å². The molecular formula is C10H17N3O6. The molecular weight excluding hydrogens is 258 g/mol. The average molecular weight is 275 g/mol. The van der Waals surface area contributed by atoms with Gasteiger partial charge in [-0.2, -0.15) is 0 Å². The molecule has 0 rings (SSSR count). The van der Waals surface area contributed by atoms with Crippen molar-refractivity contribution in [1.82, 2.24) is 10.6 Å². The normalized spacial score (nSPS) is 12.9. The number of carbonyl (C=O) groups is 4. The number of carbonyl (C=O) groups excluding carboxylic acids is 3. The Labute approximate surface area is 109 Å². The zero-order valence-corrected chi connectivity index (χ0v) is 10.6. The summed E-state index contributed by atoms with van der Waals surface area (Å²) >= 11 is 0. The number of urea groups is 1. The first-order valence-corrected chi connectivity index (χ1v) is 5.44. The second kappa shape index (κ2) is 7.90. The first-order valence-electron chi connectivity index (χ1n) is 5.44. The molecule has 108 valence electrons. The summed E-state index contributed by atoms with van der Waals surface area (Å²) in [4.78, 5) is 43.9. The lowest BCUT2D eigenvalue weighted by atomic mass is 10.1. The van der Waals surface area contributed by atoms with E-state index in [1.165, 1.54) is 6.92 Å². The third-order valence-electron chi connectivity index (χ3n) is 2.19. The third-order valence-corrected chi connectivity index (χ3v) is 2.19. The van der Waals surface area contributed by atoms with Crippen LogP contribution in [0.5, 0.6) is 0 Å². The summed E-state index contributed by atoms with van der Waals surface area (Å²) in [6.07, 6.45) is -0.311. The highest BCUT2D eigenvalue weighted by Gasteiger charge is 2.22. The van der Waals surface area contributed by atoms with Gasteiger partial charge in [0.2, 0.25) is 5.91 Å². The highest BCUT2D eigenvalue weighted by molar-refractivity contribution is 5.86. The molecule has 0 saturated heterocycles. The molecule has 0 aliphatic carbocycles. The molecule has 0 spiro atoms. The minimum absolute atomic E-state index is 0.134. The van der Waals surface area contributed by atoms with Gasteiger partial charge in [-0.1, -0.05) is 0 Å². The number of hydrogen-bond donors (Lipinski definition) is 4. The average Bonchev–Trinajstić information content (AvgIpc) is 2.32. The Morgan fingerprint density at radius 1 is 1.26 bits per heavy atom. The fraction of sp³-hybridized carbons (Fsp3) is 0.600. The predicted octanol–water partition coefficient (Wildman–Crippen LogP) is -1.43. The van der Waals surface area contributed by atoms with Crippen molar-refractivity contribution in [3.8, 4) is 0 Å². The lowest BCUT2D eigenvalue weighted by molar-refractivity contribution is -0.142. The number of carboxylic acids is 1. The molecule has 0 aromatic heterocycles. The molecule has 3 amide bonds. The number of esters is 1. The monoisotopic (exact) mass is 275 g/mol. The topological polar surface area (TPSA) is 148 Å². The lowest BCUT2D eigenvalue weighted by Crippen LogP contribution is -2.50. The molecule has 0 radical (unpaired) electrons. The lowest BCUT2D eigenvalue weighted by Gasteiger charge is -2.16. The largest absolute Gasteiger partial charge is 0.480 e. The minimum Gasteiger partial charge on any atom is -0.480 e. The highest BCUT2D eigenvalue weighted by atomic mass is 16.5. The van der Waals surface area contributed by atoms with Crippen molar-refractivity contribution < 1.29 is 29.0 Å². The number of primary amides is 1. The van der Waals surface area contributed by atoms with Crippen LogP contribution in [0.1, 0.15) is 19.8 Å². The second-order valence-electron chi connectivity index (χ2n) is 3.76. The summed E-state index contributed by atoms with van der Waals surface area (Å²) in [5.74, 6) is -2.64. The first kappa shape index (κ1) is 16.7. The number of hydrogen-bond acceptors (Lipinski definition) is 5. The van der Waals surface area contributed by atoms with Crippen LogP contribution in [0.3, 0.4) is 0 Å². The van der Waals surface area contributed by atoms with Gasteiger partial charge in [0.25, 0.3) is 0 Å². The van der Waals surface area contributed by atoms with Crippen molar-refractivity contribution in [3.05, 3.63) is 0 Å². The Hall–Kier alpha value is -2.32. The highest BCUT2D eigenvalue weighted by Crippen LogP contribution is 1.97. The number of rotatable bonds is 7. The van der Waals surface area contributed by atoms with Crippen LogP contribution in [0, 0.1) is 0 Å². The van der Waals surface area contributed by atoms with Gasteiger partial charge in [-0.15, -0.1) is 0 Å². The Balaban J connectivity index is 4.35. The molecule has 0 bridgehead atoms. The van der Waals surface area contributed by atoms with Crippen molar-refractivity contribution in [1.29, 1.82) is 0 Å². The molecule has 0 aliphatic rings. The standard InChI is InChI=1S/C10H17N3O6/c1-5(9(17)19-2)12-10(18)13-6(8(15)16)3-4-7(11)14/h5-6H,3-4H2,1-2H3,(H2,11,14)(H,15,16)(H2,12,13,18). The van der Waals surface area contributed by atoms with Gasteiger partial charge >= 0.3 is 18.0 Å². The van der Waals surface area contributed by atoms with Crippen LogP contribution < -0.4 is 16.4 Å². The summed E-state index contributed by atoms with van der Waals surface area (Å²) in [6, 6.07) is -3.04.